The van der Waals surface area contributed by atoms with Crippen LogP contribution in [-0.2, 0) is 4.79 Å². The van der Waals surface area contributed by atoms with Crippen molar-refractivity contribution in [3.63, 3.8) is 0 Å². The van der Waals surface area contributed by atoms with Crippen molar-refractivity contribution in [2.45, 2.75) is 38.0 Å². The zero-order valence-electron chi connectivity index (χ0n) is 10.3. The Hall–Kier alpha value is -0.820. The van der Waals surface area contributed by atoms with Gasteiger partial charge in [-0.05, 0) is 38.8 Å². The number of likely N-dealkylation sites (tertiary alicyclic amines) is 1. The highest BCUT2D eigenvalue weighted by atomic mass is 19.4. The lowest BCUT2D eigenvalue weighted by Gasteiger charge is -2.37. The summed E-state index contributed by atoms with van der Waals surface area (Å²) in [6.07, 6.45) is -3.08. The quantitative estimate of drug-likeness (QED) is 0.795. The average molecular weight is 268 g/mol. The van der Waals surface area contributed by atoms with Crippen molar-refractivity contribution in [1.29, 1.82) is 0 Å². The molecular formula is C11H19F3N2O2. The molecule has 106 valence electrons. The maximum Gasteiger partial charge on any atom is 0.418 e. The number of amides is 1. The average Bonchev–Trinajstić information content (AvgIpc) is 2.18. The summed E-state index contributed by atoms with van der Waals surface area (Å²) in [5.74, 6) is -0.231. The molecule has 3 N–H and O–H groups in total. The lowest BCUT2D eigenvalue weighted by molar-refractivity contribution is -0.258. The van der Waals surface area contributed by atoms with E-state index in [2.05, 4.69) is 0 Å². The van der Waals surface area contributed by atoms with Gasteiger partial charge in [-0.1, -0.05) is 0 Å². The number of nitrogens with two attached hydrogens (primary N) is 1. The zero-order chi connectivity index (χ0) is 14.0. The van der Waals surface area contributed by atoms with Gasteiger partial charge in [0, 0.05) is 13.0 Å². The highest BCUT2D eigenvalue weighted by Gasteiger charge is 2.50. The van der Waals surface area contributed by atoms with Crippen LogP contribution in [-0.4, -0.2) is 47.3 Å². The van der Waals surface area contributed by atoms with Crippen LogP contribution >= 0.6 is 0 Å². The molecule has 1 rings (SSSR count). The number of primary amides is 1. The Labute approximate surface area is 104 Å². The number of β-amino-alcohol motifs (C(OH)–C–C–N with tert-alkyl or cyclic N) is 1. The minimum atomic E-state index is -4.63. The van der Waals surface area contributed by atoms with Crippen molar-refractivity contribution in [1.82, 2.24) is 4.90 Å². The number of carbonyl (C=O) groups excluding carboxylic acids is 1. The maximum atomic E-state index is 12.5. The van der Waals surface area contributed by atoms with Crippen LogP contribution < -0.4 is 5.73 Å². The molecule has 7 heteroatoms. The molecule has 1 aliphatic rings. The predicted octanol–water partition coefficient (Wildman–Crippen LogP) is 0.887. The lowest BCUT2D eigenvalue weighted by atomic mass is 9.92. The Balaban J connectivity index is 2.42. The largest absolute Gasteiger partial charge is 0.418 e. The van der Waals surface area contributed by atoms with Crippen molar-refractivity contribution in [2.24, 2.45) is 11.7 Å². The monoisotopic (exact) mass is 268 g/mol. The van der Waals surface area contributed by atoms with Gasteiger partial charge in [0.25, 0.3) is 0 Å². The summed E-state index contributed by atoms with van der Waals surface area (Å²) in [5.41, 5.74) is 2.38. The van der Waals surface area contributed by atoms with E-state index < -0.39 is 18.3 Å². The smallest absolute Gasteiger partial charge is 0.380 e. The van der Waals surface area contributed by atoms with Gasteiger partial charge in [-0.3, -0.25) is 4.79 Å². The van der Waals surface area contributed by atoms with Crippen molar-refractivity contribution >= 4 is 5.91 Å². The summed E-state index contributed by atoms with van der Waals surface area (Å²) < 4.78 is 37.5. The molecule has 1 fully saturated rings. The molecule has 0 aromatic heterocycles. The third kappa shape index (κ3) is 4.13. The summed E-state index contributed by atoms with van der Waals surface area (Å²) in [7, 11) is 0. The van der Waals surface area contributed by atoms with Gasteiger partial charge in [-0.15, -0.1) is 0 Å². The van der Waals surface area contributed by atoms with Crippen LogP contribution in [0.2, 0.25) is 0 Å². The van der Waals surface area contributed by atoms with Gasteiger partial charge in [0.05, 0.1) is 0 Å². The molecular weight excluding hydrogens is 249 g/mol. The molecule has 1 aliphatic heterocycles. The summed E-state index contributed by atoms with van der Waals surface area (Å²) in [4.78, 5) is 12.3. The minimum absolute atomic E-state index is 0.148. The Morgan fingerprint density at radius 3 is 2.28 bits per heavy atom. The van der Waals surface area contributed by atoms with Gasteiger partial charge in [0.1, 0.15) is 0 Å². The van der Waals surface area contributed by atoms with E-state index in [1.54, 1.807) is 4.90 Å². The second-order valence-electron chi connectivity index (χ2n) is 5.16. The Bertz CT molecular complexity index is 297. The topological polar surface area (TPSA) is 66.6 Å². The molecule has 0 aromatic carbocycles. The first-order valence-corrected chi connectivity index (χ1v) is 5.91. The number of aliphatic hydroxyl groups is 1. The normalized spacial score (nSPS) is 22.7. The van der Waals surface area contributed by atoms with Gasteiger partial charge in [-0.2, -0.15) is 13.2 Å². The maximum absolute atomic E-state index is 12.5. The number of alkyl halides is 3. The fraction of sp³-hybridized carbons (Fsp3) is 0.909. The van der Waals surface area contributed by atoms with Crippen molar-refractivity contribution in [3.8, 4) is 0 Å². The number of piperidine rings is 1. The van der Waals surface area contributed by atoms with E-state index in [1.165, 1.54) is 0 Å². The zero-order valence-corrected chi connectivity index (χ0v) is 10.3. The fourth-order valence-electron chi connectivity index (χ4n) is 2.16. The number of carbonyl (C=O) groups is 1. The van der Waals surface area contributed by atoms with Gasteiger partial charge in [0.15, 0.2) is 5.60 Å². The second kappa shape index (κ2) is 5.44. The highest BCUT2D eigenvalue weighted by molar-refractivity contribution is 5.73. The molecule has 0 aliphatic carbocycles. The molecule has 1 heterocycles. The van der Waals surface area contributed by atoms with Crippen LogP contribution in [0.4, 0.5) is 13.2 Å². The number of nitrogens with zero attached hydrogens (tertiary/aromatic N) is 1. The van der Waals surface area contributed by atoms with Gasteiger partial charge in [0.2, 0.25) is 5.91 Å². The molecule has 1 saturated heterocycles. The number of hydrogen-bond donors (Lipinski definition) is 2. The molecule has 1 amide bonds. The van der Waals surface area contributed by atoms with Crippen LogP contribution in [0.25, 0.3) is 0 Å². The fourth-order valence-corrected chi connectivity index (χ4v) is 2.16. The van der Waals surface area contributed by atoms with Crippen molar-refractivity contribution < 1.29 is 23.1 Å². The standard InChI is InChI=1S/C11H19F3N2O2/c1-10(18,11(12,13)14)7-16-4-2-8(3-5-16)6-9(15)17/h8,18H,2-7H2,1H3,(H2,15,17)/t10-/m0/s1. The Morgan fingerprint density at radius 1 is 1.39 bits per heavy atom. The van der Waals surface area contributed by atoms with E-state index in [1.807, 2.05) is 0 Å². The van der Waals surface area contributed by atoms with Gasteiger partial charge >= 0.3 is 6.18 Å². The first-order chi connectivity index (χ1) is 8.12. The third-order valence-corrected chi connectivity index (χ3v) is 3.34. The lowest BCUT2D eigenvalue weighted by Crippen LogP contribution is -2.52. The SMILES string of the molecule is C[C@](O)(CN1CCC(CC(N)=O)CC1)C(F)(F)F. The van der Waals surface area contributed by atoms with Crippen LogP contribution in [0.1, 0.15) is 26.2 Å². The molecule has 0 spiro atoms. The minimum Gasteiger partial charge on any atom is -0.380 e. The summed E-state index contributed by atoms with van der Waals surface area (Å²) in [6, 6.07) is 0. The number of rotatable bonds is 4. The Morgan fingerprint density at radius 2 is 1.89 bits per heavy atom. The van der Waals surface area contributed by atoms with E-state index in [0.29, 0.717) is 25.9 Å². The third-order valence-electron chi connectivity index (χ3n) is 3.34. The van der Waals surface area contributed by atoms with Crippen molar-refractivity contribution in [3.05, 3.63) is 0 Å². The van der Waals surface area contributed by atoms with E-state index >= 15 is 0 Å². The van der Waals surface area contributed by atoms with E-state index in [-0.39, 0.29) is 18.2 Å². The molecule has 18 heavy (non-hydrogen) atoms. The summed E-state index contributed by atoms with van der Waals surface area (Å²) in [6.45, 7) is 1.25. The number of hydrogen-bond acceptors (Lipinski definition) is 3. The summed E-state index contributed by atoms with van der Waals surface area (Å²) in [5, 5.41) is 9.37. The molecule has 0 saturated carbocycles. The van der Waals surface area contributed by atoms with Gasteiger partial charge in [-0.25, -0.2) is 0 Å². The van der Waals surface area contributed by atoms with Crippen LogP contribution in [0, 0.1) is 5.92 Å². The van der Waals surface area contributed by atoms with E-state index in [9.17, 15) is 23.1 Å². The molecule has 1 atom stereocenters. The van der Waals surface area contributed by atoms with E-state index in [0.717, 1.165) is 6.92 Å². The molecule has 0 bridgehead atoms. The van der Waals surface area contributed by atoms with Crippen LogP contribution in [0.3, 0.4) is 0 Å². The highest BCUT2D eigenvalue weighted by Crippen LogP contribution is 2.32. The van der Waals surface area contributed by atoms with Crippen LogP contribution in [0.5, 0.6) is 0 Å². The summed E-state index contributed by atoms with van der Waals surface area (Å²) >= 11 is 0. The number of halogens is 3. The Kier molecular flexibility index (Phi) is 4.61. The first-order valence-electron chi connectivity index (χ1n) is 5.91. The second-order valence-corrected chi connectivity index (χ2v) is 5.16. The molecule has 4 nitrogen and oxygen atoms in total. The molecule has 0 aromatic rings. The first kappa shape index (κ1) is 15.2. The van der Waals surface area contributed by atoms with Gasteiger partial charge < -0.3 is 15.7 Å². The van der Waals surface area contributed by atoms with Crippen LogP contribution in [0.15, 0.2) is 0 Å². The molecule has 0 unspecified atom stereocenters. The molecule has 0 radical (unpaired) electrons. The van der Waals surface area contributed by atoms with E-state index in [4.69, 9.17) is 5.73 Å². The predicted molar refractivity (Wildman–Crippen MR) is 59.7 cm³/mol. The van der Waals surface area contributed by atoms with Crippen molar-refractivity contribution in [2.75, 3.05) is 19.6 Å².